The molecule has 1 N–H and O–H groups in total. The van der Waals surface area contributed by atoms with Gasteiger partial charge in [0.1, 0.15) is 5.75 Å². The summed E-state index contributed by atoms with van der Waals surface area (Å²) in [6.45, 7) is 16.5. The Labute approximate surface area is 141 Å². The molecule has 1 heterocycles. The molecular weight excluding hydrogens is 288 g/mol. The number of rotatable bonds is 3. The highest BCUT2D eigenvalue weighted by molar-refractivity contribution is 5.49. The molecule has 0 bridgehead atoms. The summed E-state index contributed by atoms with van der Waals surface area (Å²) in [5.74, 6) is 1.59. The molecule has 0 radical (unpaired) electrons. The molecule has 2 rings (SSSR count). The highest BCUT2D eigenvalue weighted by Gasteiger charge is 2.28. The Morgan fingerprint density at radius 2 is 1.65 bits per heavy atom. The SMILES string of the molecule is CC1COC(c2cc(C(C)C(C)C)c(O)c(C(C)(C)C)c2)OC1. The summed E-state index contributed by atoms with van der Waals surface area (Å²) < 4.78 is 11.8. The Bertz CT molecular complexity index is 535. The van der Waals surface area contributed by atoms with Crippen LogP contribution in [0.4, 0.5) is 0 Å². The third kappa shape index (κ3) is 4.07. The quantitative estimate of drug-likeness (QED) is 0.839. The fourth-order valence-electron chi connectivity index (χ4n) is 2.89. The van der Waals surface area contributed by atoms with E-state index in [0.717, 1.165) is 16.7 Å². The molecule has 3 nitrogen and oxygen atoms in total. The molecule has 1 aromatic rings. The van der Waals surface area contributed by atoms with Gasteiger partial charge in [-0.05, 0) is 40.5 Å². The second-order valence-electron chi connectivity index (χ2n) is 8.39. The zero-order valence-corrected chi connectivity index (χ0v) is 15.6. The van der Waals surface area contributed by atoms with Crippen LogP contribution in [-0.2, 0) is 14.9 Å². The summed E-state index contributed by atoms with van der Waals surface area (Å²) in [5, 5.41) is 10.8. The van der Waals surface area contributed by atoms with Crippen LogP contribution in [0.25, 0.3) is 0 Å². The van der Waals surface area contributed by atoms with Gasteiger partial charge in [-0.1, -0.05) is 48.5 Å². The van der Waals surface area contributed by atoms with Gasteiger partial charge in [0.05, 0.1) is 13.2 Å². The van der Waals surface area contributed by atoms with E-state index in [1.54, 1.807) is 0 Å². The van der Waals surface area contributed by atoms with Gasteiger partial charge in [-0.25, -0.2) is 0 Å². The Balaban J connectivity index is 2.48. The van der Waals surface area contributed by atoms with E-state index in [9.17, 15) is 5.11 Å². The maximum Gasteiger partial charge on any atom is 0.183 e. The number of ether oxygens (including phenoxy) is 2. The van der Waals surface area contributed by atoms with Crippen molar-refractivity contribution in [1.29, 1.82) is 0 Å². The van der Waals surface area contributed by atoms with Gasteiger partial charge in [-0.3, -0.25) is 0 Å². The first-order valence-electron chi connectivity index (χ1n) is 8.71. The van der Waals surface area contributed by atoms with Crippen molar-refractivity contribution in [1.82, 2.24) is 0 Å². The first kappa shape index (κ1) is 18.3. The average Bonchev–Trinajstić information content (AvgIpc) is 2.46. The van der Waals surface area contributed by atoms with Crippen LogP contribution < -0.4 is 0 Å². The van der Waals surface area contributed by atoms with Gasteiger partial charge >= 0.3 is 0 Å². The Kier molecular flexibility index (Phi) is 5.42. The summed E-state index contributed by atoms with van der Waals surface area (Å²) in [4.78, 5) is 0. The number of hydrogen-bond acceptors (Lipinski definition) is 3. The first-order valence-corrected chi connectivity index (χ1v) is 8.71. The van der Waals surface area contributed by atoms with Gasteiger partial charge in [0.2, 0.25) is 0 Å². The largest absolute Gasteiger partial charge is 0.507 e. The monoisotopic (exact) mass is 320 g/mol. The molecule has 1 unspecified atom stereocenters. The van der Waals surface area contributed by atoms with Crippen LogP contribution in [0.3, 0.4) is 0 Å². The van der Waals surface area contributed by atoms with Crippen molar-refractivity contribution in [2.45, 2.75) is 66.1 Å². The van der Waals surface area contributed by atoms with Gasteiger partial charge < -0.3 is 14.6 Å². The van der Waals surface area contributed by atoms with Gasteiger partial charge in [0.15, 0.2) is 6.29 Å². The third-order valence-corrected chi connectivity index (χ3v) is 4.80. The highest BCUT2D eigenvalue weighted by Crippen LogP contribution is 2.41. The Morgan fingerprint density at radius 3 is 2.13 bits per heavy atom. The number of phenolic OH excluding ortho intramolecular Hbond substituents is 1. The van der Waals surface area contributed by atoms with Crippen LogP contribution in [0, 0.1) is 11.8 Å². The highest BCUT2D eigenvalue weighted by atomic mass is 16.7. The summed E-state index contributed by atoms with van der Waals surface area (Å²) in [6.07, 6.45) is -0.328. The van der Waals surface area contributed by atoms with Crippen LogP contribution >= 0.6 is 0 Å². The van der Waals surface area contributed by atoms with Crippen molar-refractivity contribution >= 4 is 0 Å². The maximum atomic E-state index is 10.8. The van der Waals surface area contributed by atoms with Gasteiger partial charge in [0.25, 0.3) is 0 Å². The molecule has 23 heavy (non-hydrogen) atoms. The Morgan fingerprint density at radius 1 is 1.09 bits per heavy atom. The molecule has 3 heteroatoms. The number of phenols is 1. The van der Waals surface area contributed by atoms with E-state index in [1.807, 2.05) is 6.07 Å². The zero-order valence-electron chi connectivity index (χ0n) is 15.6. The molecule has 1 aliphatic heterocycles. The van der Waals surface area contributed by atoms with Crippen molar-refractivity contribution in [3.05, 3.63) is 28.8 Å². The molecule has 1 atom stereocenters. The molecular formula is C20H32O3. The lowest BCUT2D eigenvalue weighted by Crippen LogP contribution is -2.25. The summed E-state index contributed by atoms with van der Waals surface area (Å²) in [5.41, 5.74) is 2.84. The second kappa shape index (κ2) is 6.82. The predicted molar refractivity (Wildman–Crippen MR) is 93.9 cm³/mol. The molecule has 1 saturated heterocycles. The molecule has 0 spiro atoms. The lowest BCUT2D eigenvalue weighted by molar-refractivity contribution is -0.202. The van der Waals surface area contributed by atoms with E-state index in [1.165, 1.54) is 0 Å². The number of benzene rings is 1. The zero-order chi connectivity index (χ0) is 17.4. The van der Waals surface area contributed by atoms with E-state index in [-0.39, 0.29) is 17.6 Å². The summed E-state index contributed by atoms with van der Waals surface area (Å²) in [7, 11) is 0. The minimum absolute atomic E-state index is 0.131. The lowest BCUT2D eigenvalue weighted by Gasteiger charge is -2.31. The van der Waals surface area contributed by atoms with E-state index in [0.29, 0.717) is 30.8 Å². The molecule has 1 fully saturated rings. The number of hydrogen-bond donors (Lipinski definition) is 1. The van der Waals surface area contributed by atoms with E-state index >= 15 is 0 Å². The smallest absolute Gasteiger partial charge is 0.183 e. The van der Waals surface area contributed by atoms with E-state index in [4.69, 9.17) is 9.47 Å². The Hall–Kier alpha value is -1.06. The second-order valence-corrected chi connectivity index (χ2v) is 8.39. The van der Waals surface area contributed by atoms with Crippen LogP contribution in [-0.4, -0.2) is 18.3 Å². The van der Waals surface area contributed by atoms with Crippen LogP contribution in [0.15, 0.2) is 12.1 Å². The van der Waals surface area contributed by atoms with Gasteiger partial charge in [0, 0.05) is 11.5 Å². The first-order chi connectivity index (χ1) is 10.6. The van der Waals surface area contributed by atoms with Crippen molar-refractivity contribution < 1.29 is 14.6 Å². The van der Waals surface area contributed by atoms with E-state index in [2.05, 4.69) is 54.5 Å². The maximum absolute atomic E-state index is 10.8. The fraction of sp³-hybridized carbons (Fsp3) is 0.700. The normalized spacial score (nSPS) is 24.0. The minimum atomic E-state index is -0.328. The van der Waals surface area contributed by atoms with Crippen molar-refractivity contribution in [2.24, 2.45) is 11.8 Å². The average molecular weight is 320 g/mol. The fourth-order valence-corrected chi connectivity index (χ4v) is 2.89. The molecule has 0 saturated carbocycles. The summed E-state index contributed by atoms with van der Waals surface area (Å²) in [6, 6.07) is 4.11. The standard InChI is InChI=1S/C20H32O3/c1-12(2)14(4)16-8-15(19-22-10-13(3)11-23-19)9-17(18(16)21)20(5,6)7/h8-9,12-14,19,21H,10-11H2,1-7H3. The topological polar surface area (TPSA) is 38.7 Å². The van der Waals surface area contributed by atoms with Crippen molar-refractivity contribution in [3.8, 4) is 5.75 Å². The van der Waals surface area contributed by atoms with Gasteiger partial charge in [-0.2, -0.15) is 0 Å². The molecule has 1 aliphatic rings. The minimum Gasteiger partial charge on any atom is -0.507 e. The molecule has 0 aromatic heterocycles. The van der Waals surface area contributed by atoms with E-state index < -0.39 is 0 Å². The lowest BCUT2D eigenvalue weighted by atomic mass is 9.80. The van der Waals surface area contributed by atoms with Gasteiger partial charge in [-0.15, -0.1) is 0 Å². The van der Waals surface area contributed by atoms with Crippen molar-refractivity contribution in [2.75, 3.05) is 13.2 Å². The van der Waals surface area contributed by atoms with Crippen LogP contribution in [0.2, 0.25) is 0 Å². The predicted octanol–water partition coefficient (Wildman–Crippen LogP) is 5.13. The van der Waals surface area contributed by atoms with Crippen molar-refractivity contribution in [3.63, 3.8) is 0 Å². The third-order valence-electron chi connectivity index (χ3n) is 4.80. The number of aromatic hydroxyl groups is 1. The van der Waals surface area contributed by atoms with Crippen LogP contribution in [0.5, 0.6) is 5.75 Å². The summed E-state index contributed by atoms with van der Waals surface area (Å²) >= 11 is 0. The molecule has 0 aliphatic carbocycles. The molecule has 1 aromatic carbocycles. The molecule has 130 valence electrons. The van der Waals surface area contributed by atoms with Crippen LogP contribution in [0.1, 0.15) is 77.4 Å². The molecule has 0 amide bonds.